The lowest BCUT2D eigenvalue weighted by Crippen LogP contribution is -2.30. The molecule has 2 N–H and O–H groups in total. The number of rotatable bonds is 0. The van der Waals surface area contributed by atoms with Crippen LogP contribution in [0.2, 0.25) is 0 Å². The first kappa shape index (κ1) is 13.5. The Morgan fingerprint density at radius 3 is 2.38 bits per heavy atom. The first-order chi connectivity index (χ1) is 7.59. The van der Waals surface area contributed by atoms with Crippen molar-refractivity contribution in [1.82, 2.24) is 0 Å². The lowest BCUT2D eigenvalue weighted by atomic mass is 10.0. The second kappa shape index (κ2) is 6.86. The third-order valence-corrected chi connectivity index (χ3v) is 3.01. The van der Waals surface area contributed by atoms with Crippen LogP contribution in [-0.4, -0.2) is 34.5 Å². The van der Waals surface area contributed by atoms with Gasteiger partial charge in [0.1, 0.15) is 0 Å². The average Bonchev–Trinajstić information content (AvgIpc) is 2.20. The van der Waals surface area contributed by atoms with E-state index in [2.05, 4.69) is 0 Å². The Balaban J connectivity index is 2.47. The number of cyclic esters (lactones) is 1. The normalized spacial score (nSPS) is 34.7. The highest BCUT2D eigenvalue weighted by atomic mass is 16.5. The maximum atomic E-state index is 11.4. The number of aliphatic hydroxyl groups is 2. The van der Waals surface area contributed by atoms with Crippen molar-refractivity contribution in [3.63, 3.8) is 0 Å². The third kappa shape index (κ3) is 4.94. The Morgan fingerprint density at radius 1 is 1.06 bits per heavy atom. The average molecular weight is 230 g/mol. The van der Waals surface area contributed by atoms with Gasteiger partial charge >= 0.3 is 5.97 Å². The van der Waals surface area contributed by atoms with Gasteiger partial charge in [0.05, 0.1) is 24.7 Å². The molecule has 94 valence electrons. The van der Waals surface area contributed by atoms with E-state index in [-0.39, 0.29) is 12.5 Å². The molecule has 0 bridgehead atoms. The van der Waals surface area contributed by atoms with Crippen LogP contribution in [0.25, 0.3) is 0 Å². The summed E-state index contributed by atoms with van der Waals surface area (Å²) in [5.74, 6) is -0.417. The van der Waals surface area contributed by atoms with Crippen LogP contribution in [0.5, 0.6) is 0 Å². The minimum atomic E-state index is -0.987. The summed E-state index contributed by atoms with van der Waals surface area (Å²) in [7, 11) is 0. The number of carbonyl (C=O) groups is 1. The summed E-state index contributed by atoms with van der Waals surface area (Å²) in [4.78, 5) is 11.4. The predicted octanol–water partition coefficient (Wildman–Crippen LogP) is 1.38. The fourth-order valence-electron chi connectivity index (χ4n) is 1.97. The molecule has 1 heterocycles. The molecule has 0 aromatic carbocycles. The molecule has 0 aromatic heterocycles. The maximum Gasteiger partial charge on any atom is 0.308 e. The molecule has 0 saturated carbocycles. The van der Waals surface area contributed by atoms with Gasteiger partial charge in [-0.05, 0) is 26.2 Å². The Labute approximate surface area is 96.6 Å². The van der Waals surface area contributed by atoms with Crippen LogP contribution >= 0.6 is 0 Å². The molecule has 0 radical (unpaired) electrons. The number of hydrogen-bond donors (Lipinski definition) is 2. The van der Waals surface area contributed by atoms with Gasteiger partial charge in [-0.3, -0.25) is 4.79 Å². The zero-order chi connectivity index (χ0) is 12.0. The van der Waals surface area contributed by atoms with E-state index in [0.29, 0.717) is 6.42 Å². The predicted molar refractivity (Wildman–Crippen MR) is 59.9 cm³/mol. The molecule has 1 aliphatic heterocycles. The number of esters is 1. The van der Waals surface area contributed by atoms with Crippen molar-refractivity contribution in [3.8, 4) is 0 Å². The maximum absolute atomic E-state index is 11.4. The molecule has 3 atom stereocenters. The van der Waals surface area contributed by atoms with Crippen LogP contribution in [0.3, 0.4) is 0 Å². The summed E-state index contributed by atoms with van der Waals surface area (Å²) in [6.45, 7) is 1.87. The lowest BCUT2D eigenvalue weighted by Gasteiger charge is -2.20. The van der Waals surface area contributed by atoms with E-state index < -0.39 is 18.2 Å². The van der Waals surface area contributed by atoms with Crippen LogP contribution in [0.4, 0.5) is 0 Å². The standard InChI is InChI=1S/C12H22O4/c1-9-6-4-2-3-5-7-10(13)11(14)8-12(15)16-9/h9-11,13-14H,2-8H2,1H3/t9-,10-,11+/m0/s1. The van der Waals surface area contributed by atoms with Crippen LogP contribution in [0, 0.1) is 0 Å². The van der Waals surface area contributed by atoms with E-state index in [1.54, 1.807) is 0 Å². The molecule has 1 fully saturated rings. The van der Waals surface area contributed by atoms with Crippen LogP contribution in [-0.2, 0) is 9.53 Å². The second-order valence-electron chi connectivity index (χ2n) is 4.63. The summed E-state index contributed by atoms with van der Waals surface area (Å²) < 4.78 is 5.13. The van der Waals surface area contributed by atoms with Crippen LogP contribution in [0.1, 0.15) is 51.9 Å². The second-order valence-corrected chi connectivity index (χ2v) is 4.63. The smallest absolute Gasteiger partial charge is 0.308 e. The fraction of sp³-hybridized carbons (Fsp3) is 0.917. The number of ether oxygens (including phenoxy) is 1. The Morgan fingerprint density at radius 2 is 1.69 bits per heavy atom. The number of aliphatic hydroxyl groups excluding tert-OH is 2. The van der Waals surface area contributed by atoms with Crippen LogP contribution in [0.15, 0.2) is 0 Å². The number of carbonyl (C=O) groups excluding carboxylic acids is 1. The topological polar surface area (TPSA) is 66.8 Å². The van der Waals surface area contributed by atoms with Crippen LogP contribution < -0.4 is 0 Å². The van der Waals surface area contributed by atoms with Crippen molar-refractivity contribution >= 4 is 5.97 Å². The minimum Gasteiger partial charge on any atom is -0.463 e. The summed E-state index contributed by atoms with van der Waals surface area (Å²) >= 11 is 0. The molecule has 1 saturated heterocycles. The summed E-state index contributed by atoms with van der Waals surface area (Å²) in [5.41, 5.74) is 0. The molecule has 0 aliphatic carbocycles. The van der Waals surface area contributed by atoms with E-state index in [4.69, 9.17) is 4.74 Å². The van der Waals surface area contributed by atoms with Crippen molar-refractivity contribution < 1.29 is 19.7 Å². The van der Waals surface area contributed by atoms with Gasteiger partial charge in [0.15, 0.2) is 0 Å². The molecule has 0 amide bonds. The van der Waals surface area contributed by atoms with Crippen molar-refractivity contribution in [1.29, 1.82) is 0 Å². The van der Waals surface area contributed by atoms with E-state index in [1.165, 1.54) is 0 Å². The number of hydrogen-bond acceptors (Lipinski definition) is 4. The van der Waals surface area contributed by atoms with Gasteiger partial charge in [-0.1, -0.05) is 19.3 Å². The zero-order valence-electron chi connectivity index (χ0n) is 9.89. The van der Waals surface area contributed by atoms with Crippen molar-refractivity contribution in [2.24, 2.45) is 0 Å². The molecule has 1 aliphatic rings. The lowest BCUT2D eigenvalue weighted by molar-refractivity contribution is -0.152. The van der Waals surface area contributed by atoms with Gasteiger partial charge in [-0.2, -0.15) is 0 Å². The monoisotopic (exact) mass is 230 g/mol. The van der Waals surface area contributed by atoms with Gasteiger partial charge in [0, 0.05) is 0 Å². The summed E-state index contributed by atoms with van der Waals surface area (Å²) in [6.07, 6.45) is 3.56. The largest absolute Gasteiger partial charge is 0.463 e. The zero-order valence-corrected chi connectivity index (χ0v) is 9.89. The van der Waals surface area contributed by atoms with E-state index in [9.17, 15) is 15.0 Å². The highest BCUT2D eigenvalue weighted by Crippen LogP contribution is 2.15. The van der Waals surface area contributed by atoms with E-state index in [1.807, 2.05) is 6.92 Å². The van der Waals surface area contributed by atoms with Gasteiger partial charge < -0.3 is 14.9 Å². The van der Waals surface area contributed by atoms with E-state index >= 15 is 0 Å². The molecule has 4 heteroatoms. The minimum absolute atomic E-state index is 0.0868. The SMILES string of the molecule is C[C@H]1CCCCCC[C@H](O)[C@H](O)CC(=O)O1. The first-order valence-electron chi connectivity index (χ1n) is 6.15. The third-order valence-electron chi connectivity index (χ3n) is 3.01. The molecule has 0 spiro atoms. The van der Waals surface area contributed by atoms with Gasteiger partial charge in [-0.25, -0.2) is 0 Å². The summed E-state index contributed by atoms with van der Waals surface area (Å²) in [5, 5.41) is 19.2. The van der Waals surface area contributed by atoms with Crippen molar-refractivity contribution in [2.75, 3.05) is 0 Å². The molecular formula is C12H22O4. The van der Waals surface area contributed by atoms with Gasteiger partial charge in [-0.15, -0.1) is 0 Å². The molecule has 4 nitrogen and oxygen atoms in total. The Bertz CT molecular complexity index is 217. The summed E-state index contributed by atoms with van der Waals surface area (Å²) in [6, 6.07) is 0. The molecule has 1 rings (SSSR count). The Kier molecular flexibility index (Phi) is 5.77. The highest BCUT2D eigenvalue weighted by Gasteiger charge is 2.21. The van der Waals surface area contributed by atoms with Gasteiger partial charge in [0.2, 0.25) is 0 Å². The molecular weight excluding hydrogens is 208 g/mol. The highest BCUT2D eigenvalue weighted by molar-refractivity contribution is 5.70. The first-order valence-corrected chi connectivity index (χ1v) is 6.15. The van der Waals surface area contributed by atoms with Gasteiger partial charge in [0.25, 0.3) is 0 Å². The molecule has 0 aromatic rings. The molecule has 16 heavy (non-hydrogen) atoms. The quantitative estimate of drug-likeness (QED) is 0.617. The Hall–Kier alpha value is -0.610. The molecule has 0 unspecified atom stereocenters. The van der Waals surface area contributed by atoms with Crippen molar-refractivity contribution in [3.05, 3.63) is 0 Å². The van der Waals surface area contributed by atoms with E-state index in [0.717, 1.165) is 32.1 Å². The van der Waals surface area contributed by atoms with Crippen molar-refractivity contribution in [2.45, 2.75) is 70.2 Å². The fourth-order valence-corrected chi connectivity index (χ4v) is 1.97.